The van der Waals surface area contributed by atoms with Gasteiger partial charge in [-0.2, -0.15) is 0 Å². The van der Waals surface area contributed by atoms with E-state index < -0.39 is 0 Å². The number of carbonyl (C=O) groups excluding carboxylic acids is 1. The Bertz CT molecular complexity index is 315. The van der Waals surface area contributed by atoms with Crippen molar-refractivity contribution in [3.05, 3.63) is 0 Å². The third kappa shape index (κ3) is 4.76. The second-order valence-electron chi connectivity index (χ2n) is 6.67. The van der Waals surface area contributed by atoms with E-state index in [4.69, 9.17) is 9.47 Å². The zero-order chi connectivity index (χ0) is 14.4. The summed E-state index contributed by atoms with van der Waals surface area (Å²) in [5.74, 6) is 0.859. The third-order valence-electron chi connectivity index (χ3n) is 4.93. The minimum absolute atomic E-state index is 0.0396. The quantitative estimate of drug-likeness (QED) is 0.361. The van der Waals surface area contributed by atoms with Gasteiger partial charge in [-0.25, -0.2) is 0 Å². The van der Waals surface area contributed by atoms with Crippen LogP contribution in [0.25, 0.3) is 0 Å². The minimum atomic E-state index is -0.0396. The van der Waals surface area contributed by atoms with Crippen molar-refractivity contribution in [1.82, 2.24) is 0 Å². The maximum Gasteiger partial charge on any atom is 0.305 e. The van der Waals surface area contributed by atoms with Gasteiger partial charge in [0.2, 0.25) is 0 Å². The van der Waals surface area contributed by atoms with Gasteiger partial charge in [-0.15, -0.1) is 0 Å². The molecule has 0 aromatic rings. The topological polar surface area (TPSA) is 38.8 Å². The van der Waals surface area contributed by atoms with Crippen LogP contribution in [-0.2, 0) is 14.3 Å². The van der Waals surface area contributed by atoms with Crippen LogP contribution in [0.5, 0.6) is 0 Å². The molecule has 0 spiro atoms. The number of rotatable bonds is 9. The Hall–Kier alpha value is -0.570. The number of ether oxygens (including phenoxy) is 2. The molecule has 0 amide bonds. The lowest BCUT2D eigenvalue weighted by molar-refractivity contribution is -0.143. The first kappa shape index (κ1) is 15.8. The molecule has 0 aromatic heterocycles. The summed E-state index contributed by atoms with van der Waals surface area (Å²) >= 11 is 0. The highest BCUT2D eigenvalue weighted by Gasteiger charge is 2.54. The molecule has 116 valence electrons. The summed E-state index contributed by atoms with van der Waals surface area (Å²) in [5, 5.41) is 0. The van der Waals surface area contributed by atoms with Crippen molar-refractivity contribution < 1.29 is 14.3 Å². The number of hydrogen-bond acceptors (Lipinski definition) is 3. The highest BCUT2D eigenvalue weighted by molar-refractivity contribution is 5.69. The summed E-state index contributed by atoms with van der Waals surface area (Å²) < 4.78 is 10.7. The number of unbranched alkanes of at least 4 members (excludes halogenated alkanes) is 4. The van der Waals surface area contributed by atoms with Gasteiger partial charge in [-0.3, -0.25) is 4.79 Å². The molecule has 2 fully saturated rings. The number of esters is 1. The Morgan fingerprint density at radius 1 is 1.25 bits per heavy atom. The molecule has 0 bridgehead atoms. The van der Waals surface area contributed by atoms with Crippen molar-refractivity contribution in [1.29, 1.82) is 0 Å². The second kappa shape index (κ2) is 7.44. The fourth-order valence-electron chi connectivity index (χ4n) is 3.45. The Morgan fingerprint density at radius 2 is 2.00 bits per heavy atom. The molecule has 1 aliphatic carbocycles. The lowest BCUT2D eigenvalue weighted by Gasteiger charge is -2.22. The number of hydrogen-bond donors (Lipinski definition) is 0. The molecule has 1 aliphatic heterocycles. The van der Waals surface area contributed by atoms with Crippen LogP contribution in [0.2, 0.25) is 0 Å². The molecule has 3 atom stereocenters. The molecule has 1 saturated heterocycles. The first-order valence-electron chi connectivity index (χ1n) is 8.47. The molecule has 0 radical (unpaired) electrons. The summed E-state index contributed by atoms with van der Waals surface area (Å²) in [6, 6.07) is 0. The average molecular weight is 282 g/mol. The van der Waals surface area contributed by atoms with Crippen LogP contribution in [0.1, 0.15) is 78.1 Å². The summed E-state index contributed by atoms with van der Waals surface area (Å²) in [5.41, 5.74) is 0.267. The maximum absolute atomic E-state index is 11.2. The Morgan fingerprint density at radius 3 is 2.75 bits per heavy atom. The van der Waals surface area contributed by atoms with E-state index in [1.807, 2.05) is 6.92 Å². The number of epoxide rings is 1. The molecule has 2 rings (SSSR count). The van der Waals surface area contributed by atoms with E-state index in [2.05, 4.69) is 6.92 Å². The van der Waals surface area contributed by atoms with E-state index >= 15 is 0 Å². The van der Waals surface area contributed by atoms with Gasteiger partial charge in [0, 0.05) is 6.42 Å². The third-order valence-corrected chi connectivity index (χ3v) is 4.93. The first-order chi connectivity index (χ1) is 9.64. The predicted molar refractivity (Wildman–Crippen MR) is 79.6 cm³/mol. The molecule has 20 heavy (non-hydrogen) atoms. The fraction of sp³-hybridized carbons (Fsp3) is 0.941. The van der Waals surface area contributed by atoms with Gasteiger partial charge in [-0.1, -0.05) is 32.1 Å². The van der Waals surface area contributed by atoms with Crippen LogP contribution >= 0.6 is 0 Å². The largest absolute Gasteiger partial charge is 0.466 e. The SMILES string of the molecule is CCOC(=O)CCCCCCCC1CCC2(C)OC2C1. The smallest absolute Gasteiger partial charge is 0.305 e. The Labute approximate surface area is 123 Å². The van der Waals surface area contributed by atoms with Crippen LogP contribution < -0.4 is 0 Å². The highest BCUT2D eigenvalue weighted by Crippen LogP contribution is 2.50. The summed E-state index contributed by atoms with van der Waals surface area (Å²) in [6.07, 6.45) is 12.5. The zero-order valence-corrected chi connectivity index (χ0v) is 13.2. The number of carbonyl (C=O) groups is 1. The van der Waals surface area contributed by atoms with E-state index in [0.717, 1.165) is 18.8 Å². The van der Waals surface area contributed by atoms with Gasteiger partial charge in [-0.05, 0) is 45.4 Å². The average Bonchev–Trinajstić information content (AvgIpc) is 3.09. The molecule has 0 aromatic carbocycles. The molecule has 0 N–H and O–H groups in total. The predicted octanol–water partition coefficient (Wildman–Crippen LogP) is 4.24. The van der Waals surface area contributed by atoms with E-state index in [0.29, 0.717) is 19.1 Å². The summed E-state index contributed by atoms with van der Waals surface area (Å²) in [4.78, 5) is 11.2. The van der Waals surface area contributed by atoms with E-state index in [-0.39, 0.29) is 11.6 Å². The van der Waals surface area contributed by atoms with Crippen molar-refractivity contribution >= 4 is 5.97 Å². The maximum atomic E-state index is 11.2. The fourth-order valence-corrected chi connectivity index (χ4v) is 3.45. The summed E-state index contributed by atoms with van der Waals surface area (Å²) in [7, 11) is 0. The molecule has 2 aliphatic rings. The van der Waals surface area contributed by atoms with Gasteiger partial charge >= 0.3 is 5.97 Å². The minimum Gasteiger partial charge on any atom is -0.466 e. The van der Waals surface area contributed by atoms with E-state index in [1.54, 1.807) is 0 Å². The van der Waals surface area contributed by atoms with Crippen LogP contribution in [0.4, 0.5) is 0 Å². The van der Waals surface area contributed by atoms with Crippen LogP contribution in [0.15, 0.2) is 0 Å². The molecule has 3 unspecified atom stereocenters. The Balaban J connectivity index is 1.40. The van der Waals surface area contributed by atoms with Gasteiger partial charge in [0.1, 0.15) is 0 Å². The van der Waals surface area contributed by atoms with Gasteiger partial charge in [0.15, 0.2) is 0 Å². The van der Waals surface area contributed by atoms with Crippen molar-refractivity contribution in [3.63, 3.8) is 0 Å². The van der Waals surface area contributed by atoms with Crippen molar-refractivity contribution in [2.45, 2.75) is 89.8 Å². The lowest BCUT2D eigenvalue weighted by Crippen LogP contribution is -2.21. The standard InChI is InChI=1S/C17H30O3/c1-3-19-16(18)10-8-6-4-5-7-9-14-11-12-17(2)15(13-14)20-17/h14-15H,3-13H2,1-2H3. The second-order valence-corrected chi connectivity index (χ2v) is 6.67. The van der Waals surface area contributed by atoms with Crippen molar-refractivity contribution in [3.8, 4) is 0 Å². The Kier molecular flexibility index (Phi) is 5.88. The highest BCUT2D eigenvalue weighted by atomic mass is 16.6. The normalized spacial score (nSPS) is 31.7. The molecule has 3 nitrogen and oxygen atoms in total. The molecule has 3 heteroatoms. The molecule has 1 saturated carbocycles. The molecular formula is C17H30O3. The van der Waals surface area contributed by atoms with E-state index in [9.17, 15) is 4.79 Å². The molecular weight excluding hydrogens is 252 g/mol. The van der Waals surface area contributed by atoms with Gasteiger partial charge in [0.05, 0.1) is 18.3 Å². The number of fused-ring (bicyclic) bond motifs is 1. The zero-order valence-electron chi connectivity index (χ0n) is 13.2. The monoisotopic (exact) mass is 282 g/mol. The molecule has 1 heterocycles. The van der Waals surface area contributed by atoms with Crippen molar-refractivity contribution in [2.75, 3.05) is 6.61 Å². The van der Waals surface area contributed by atoms with Gasteiger partial charge < -0.3 is 9.47 Å². The van der Waals surface area contributed by atoms with Crippen LogP contribution in [0, 0.1) is 5.92 Å². The van der Waals surface area contributed by atoms with Gasteiger partial charge in [0.25, 0.3) is 0 Å². The van der Waals surface area contributed by atoms with Crippen molar-refractivity contribution in [2.24, 2.45) is 5.92 Å². The van der Waals surface area contributed by atoms with Crippen LogP contribution in [0.3, 0.4) is 0 Å². The van der Waals surface area contributed by atoms with E-state index in [1.165, 1.54) is 44.9 Å². The lowest BCUT2D eigenvalue weighted by atomic mass is 9.80. The summed E-state index contributed by atoms with van der Waals surface area (Å²) in [6.45, 7) is 4.62. The first-order valence-corrected chi connectivity index (χ1v) is 8.47. The van der Waals surface area contributed by atoms with Crippen LogP contribution in [-0.4, -0.2) is 24.3 Å².